The number of Topliss-reactive ketones (excluding diaryl/α,β-unsaturated/α-hetero) is 2. The molecule has 3 aliphatic rings. The van der Waals surface area contributed by atoms with E-state index in [4.69, 9.17) is 5.73 Å². The average molecular weight is 341 g/mol. The highest BCUT2D eigenvalue weighted by Crippen LogP contribution is 2.48. The van der Waals surface area contributed by atoms with Crippen molar-refractivity contribution in [2.45, 2.75) is 19.3 Å². The lowest BCUT2D eigenvalue weighted by molar-refractivity contribution is -0.127. The Morgan fingerprint density at radius 1 is 1.24 bits per heavy atom. The lowest BCUT2D eigenvalue weighted by Crippen LogP contribution is -2.44. The molecule has 1 fully saturated rings. The number of hydrogen-bond donors (Lipinski definition) is 3. The highest BCUT2D eigenvalue weighted by atomic mass is 16.3. The second kappa shape index (κ2) is 5.23. The smallest absolute Gasteiger partial charge is 0.255 e. The van der Waals surface area contributed by atoms with Gasteiger partial charge in [0.15, 0.2) is 11.6 Å². The van der Waals surface area contributed by atoms with Crippen LogP contribution in [-0.4, -0.2) is 37.9 Å². The number of carbonyl (C=O) groups excluding carboxylic acids is 3. The Morgan fingerprint density at radius 2 is 2.00 bits per heavy atom. The first-order valence-corrected chi connectivity index (χ1v) is 7.94. The number of aliphatic hydroxyl groups is 2. The monoisotopic (exact) mass is 341 g/mol. The molecule has 0 radical (unpaired) electrons. The number of nitrogens with two attached hydrogens (primary N) is 1. The number of carbonyl (C=O) groups is 3. The highest BCUT2D eigenvalue weighted by Gasteiger charge is 2.50. The molecule has 1 aromatic rings. The van der Waals surface area contributed by atoms with E-state index in [1.54, 1.807) is 6.07 Å². The molecule has 3 atom stereocenters. The zero-order valence-corrected chi connectivity index (χ0v) is 13.1. The van der Waals surface area contributed by atoms with Gasteiger partial charge >= 0.3 is 0 Å². The van der Waals surface area contributed by atoms with Gasteiger partial charge in [0.1, 0.15) is 22.8 Å². The van der Waals surface area contributed by atoms with Crippen molar-refractivity contribution in [1.82, 2.24) is 10.2 Å². The Labute approximate surface area is 142 Å². The van der Waals surface area contributed by atoms with E-state index < -0.39 is 40.6 Å². The molecule has 0 saturated heterocycles. The minimum atomic E-state index is -1.05. The van der Waals surface area contributed by atoms with E-state index in [2.05, 4.69) is 10.2 Å². The number of hydrogen-bond acceptors (Lipinski definition) is 7. The Balaban J connectivity index is 1.85. The number of rotatable bonds is 1. The van der Waals surface area contributed by atoms with Gasteiger partial charge in [-0.25, -0.2) is 0 Å². The number of ketones is 2. The maximum absolute atomic E-state index is 13.0. The first-order valence-electron chi connectivity index (χ1n) is 7.94. The summed E-state index contributed by atoms with van der Waals surface area (Å²) in [5, 5.41) is 28.5. The molecule has 1 aromatic heterocycles. The van der Waals surface area contributed by atoms with Crippen LogP contribution in [0.3, 0.4) is 0 Å². The number of aliphatic hydroxyl groups excluding tert-OH is 2. The van der Waals surface area contributed by atoms with Crippen LogP contribution in [0.15, 0.2) is 29.2 Å². The molecule has 1 saturated carbocycles. The molecule has 1 unspecified atom stereocenters. The summed E-state index contributed by atoms with van der Waals surface area (Å²) in [7, 11) is 0. The van der Waals surface area contributed by atoms with Crippen molar-refractivity contribution in [3.63, 3.8) is 0 Å². The quantitative estimate of drug-likeness (QED) is 0.627. The van der Waals surface area contributed by atoms with Crippen LogP contribution >= 0.6 is 0 Å². The number of nitrogens with zero attached hydrogens (tertiary/aromatic N) is 2. The highest BCUT2D eigenvalue weighted by molar-refractivity contribution is 6.21. The van der Waals surface area contributed by atoms with Gasteiger partial charge in [-0.2, -0.15) is 5.10 Å². The van der Waals surface area contributed by atoms with E-state index in [9.17, 15) is 24.6 Å². The minimum Gasteiger partial charge on any atom is -0.511 e. The van der Waals surface area contributed by atoms with Gasteiger partial charge in [-0.1, -0.05) is 0 Å². The third kappa shape index (κ3) is 2.10. The van der Waals surface area contributed by atoms with Crippen LogP contribution in [0.4, 0.5) is 0 Å². The molecule has 4 rings (SSSR count). The van der Waals surface area contributed by atoms with Gasteiger partial charge in [0.25, 0.3) is 5.91 Å². The fraction of sp³-hybridized carbons (Fsp3) is 0.353. The predicted octanol–water partition coefficient (Wildman–Crippen LogP) is 0.393. The Kier molecular flexibility index (Phi) is 3.24. The van der Waals surface area contributed by atoms with Crippen molar-refractivity contribution < 1.29 is 24.6 Å². The van der Waals surface area contributed by atoms with E-state index >= 15 is 0 Å². The van der Waals surface area contributed by atoms with Gasteiger partial charge in [0, 0.05) is 18.2 Å². The van der Waals surface area contributed by atoms with Crippen LogP contribution in [0.2, 0.25) is 0 Å². The molecule has 1 heterocycles. The van der Waals surface area contributed by atoms with Crippen LogP contribution in [0.25, 0.3) is 5.76 Å². The fourth-order valence-electron chi connectivity index (χ4n) is 4.26. The summed E-state index contributed by atoms with van der Waals surface area (Å²) >= 11 is 0. The summed E-state index contributed by atoms with van der Waals surface area (Å²) in [6.07, 6.45) is 2.44. The number of amides is 1. The van der Waals surface area contributed by atoms with Crippen molar-refractivity contribution in [1.29, 1.82) is 0 Å². The van der Waals surface area contributed by atoms with Crippen molar-refractivity contribution in [2.75, 3.05) is 0 Å². The van der Waals surface area contributed by atoms with Crippen molar-refractivity contribution >= 4 is 23.2 Å². The molecule has 0 bridgehead atoms. The molecular weight excluding hydrogens is 326 g/mol. The topological polar surface area (TPSA) is 143 Å². The Bertz CT molecular complexity index is 901. The lowest BCUT2D eigenvalue weighted by atomic mass is 9.62. The van der Waals surface area contributed by atoms with Crippen LogP contribution < -0.4 is 5.73 Å². The minimum absolute atomic E-state index is 0.0231. The zero-order valence-electron chi connectivity index (χ0n) is 13.1. The van der Waals surface area contributed by atoms with Crippen LogP contribution in [-0.2, 0) is 20.8 Å². The summed E-state index contributed by atoms with van der Waals surface area (Å²) in [6, 6.07) is 1.74. The largest absolute Gasteiger partial charge is 0.511 e. The van der Waals surface area contributed by atoms with Crippen LogP contribution in [0.1, 0.15) is 24.1 Å². The molecule has 3 aliphatic carbocycles. The zero-order chi connectivity index (χ0) is 17.9. The average Bonchev–Trinajstić information content (AvgIpc) is 2.53. The van der Waals surface area contributed by atoms with Gasteiger partial charge in [-0.3, -0.25) is 14.4 Å². The van der Waals surface area contributed by atoms with Crippen LogP contribution in [0, 0.1) is 17.8 Å². The van der Waals surface area contributed by atoms with Gasteiger partial charge in [0.05, 0.1) is 5.92 Å². The third-order valence-corrected chi connectivity index (χ3v) is 5.29. The normalized spacial score (nSPS) is 28.4. The first kappa shape index (κ1) is 15.5. The molecular formula is C17H15N3O5. The maximum Gasteiger partial charge on any atom is 0.255 e. The number of primary amides is 1. The second-order valence-electron chi connectivity index (χ2n) is 6.66. The number of aromatic nitrogens is 2. The summed E-state index contributed by atoms with van der Waals surface area (Å²) in [5.41, 5.74) is 5.88. The van der Waals surface area contributed by atoms with E-state index in [1.165, 1.54) is 6.20 Å². The molecule has 0 aromatic carbocycles. The fourth-order valence-corrected chi connectivity index (χ4v) is 4.26. The van der Waals surface area contributed by atoms with Gasteiger partial charge in [-0.05, 0) is 36.3 Å². The molecule has 1 amide bonds. The van der Waals surface area contributed by atoms with Crippen molar-refractivity contribution in [3.8, 4) is 0 Å². The van der Waals surface area contributed by atoms with E-state index in [-0.39, 0.29) is 29.4 Å². The lowest BCUT2D eigenvalue weighted by Gasteiger charge is -2.40. The van der Waals surface area contributed by atoms with Gasteiger partial charge < -0.3 is 15.9 Å². The maximum atomic E-state index is 13.0. The van der Waals surface area contributed by atoms with Gasteiger partial charge in [0.2, 0.25) is 0 Å². The van der Waals surface area contributed by atoms with Crippen molar-refractivity contribution in [3.05, 3.63) is 40.4 Å². The Morgan fingerprint density at radius 3 is 2.72 bits per heavy atom. The molecule has 0 spiro atoms. The number of fused-ring (bicyclic) bond motifs is 3. The second-order valence-corrected chi connectivity index (χ2v) is 6.66. The number of allylic oxidation sites excluding steroid dienone is 2. The molecule has 25 heavy (non-hydrogen) atoms. The van der Waals surface area contributed by atoms with Gasteiger partial charge in [-0.15, -0.1) is 5.10 Å². The van der Waals surface area contributed by atoms with E-state index in [1.807, 2.05) is 0 Å². The third-order valence-electron chi connectivity index (χ3n) is 5.29. The standard InChI is InChI=1S/C17H15N3O5/c18-17(25)12-9(21)5-8-4-7-3-6-1-2-19-20-13(6)16(24)11(7)14(22)10(8)15(12)23/h1-2,7-8,10,23-24H,3-5H2,(H2,18,25)/t7-,8-,10?/m0/s1. The molecule has 0 aliphatic heterocycles. The summed E-state index contributed by atoms with van der Waals surface area (Å²) in [6.45, 7) is 0. The van der Waals surface area contributed by atoms with E-state index in [0.29, 0.717) is 12.8 Å². The summed E-state index contributed by atoms with van der Waals surface area (Å²) < 4.78 is 0. The first-order chi connectivity index (χ1) is 11.9. The SMILES string of the molecule is NC(=O)C1=C(O)C2C(=O)C3=C(O)c4nnccc4C[C@H]3C[C@H]2CC1=O. The van der Waals surface area contributed by atoms with Crippen LogP contribution in [0.5, 0.6) is 0 Å². The van der Waals surface area contributed by atoms with E-state index in [0.717, 1.165) is 5.56 Å². The predicted molar refractivity (Wildman–Crippen MR) is 83.9 cm³/mol. The van der Waals surface area contributed by atoms with Crippen molar-refractivity contribution in [2.24, 2.45) is 23.5 Å². The molecule has 128 valence electrons. The molecule has 4 N–H and O–H groups in total. The summed E-state index contributed by atoms with van der Waals surface area (Å²) in [4.78, 5) is 36.6. The molecule has 8 nitrogen and oxygen atoms in total. The Hall–Kier alpha value is -3.03. The molecule has 8 heteroatoms. The summed E-state index contributed by atoms with van der Waals surface area (Å²) in [5.74, 6) is -4.62.